The van der Waals surface area contributed by atoms with Gasteiger partial charge in [0.25, 0.3) is 0 Å². The molecule has 1 saturated heterocycles. The Kier molecular flexibility index (Phi) is 10.3. The molecule has 1 fully saturated rings. The second-order valence-corrected chi connectivity index (χ2v) is 6.86. The number of likely N-dealkylation sites (tertiary alicyclic amines) is 1. The Morgan fingerprint density at radius 2 is 2.08 bits per heavy atom. The summed E-state index contributed by atoms with van der Waals surface area (Å²) in [6.45, 7) is 3.57. The number of carbonyl (C=O) groups excluding carboxylic acids is 2. The summed E-state index contributed by atoms with van der Waals surface area (Å²) in [6, 6.07) is 4.92. The minimum absolute atomic E-state index is 0. The average Bonchev–Trinajstić information content (AvgIpc) is 2.59. The third-order valence-electron chi connectivity index (χ3n) is 4.23. The zero-order chi connectivity index (χ0) is 18.2. The highest BCUT2D eigenvalue weighted by molar-refractivity contribution is 6.35. The molecule has 0 N–H and O–H groups in total. The zero-order valence-corrected chi connectivity index (χ0v) is 17.1. The Labute approximate surface area is 170 Å². The van der Waals surface area contributed by atoms with E-state index in [9.17, 15) is 9.59 Å². The van der Waals surface area contributed by atoms with Crippen molar-refractivity contribution in [3.05, 3.63) is 39.9 Å². The van der Waals surface area contributed by atoms with Gasteiger partial charge in [0.2, 0.25) is 0 Å². The highest BCUT2D eigenvalue weighted by Gasteiger charge is 2.29. The van der Waals surface area contributed by atoms with E-state index in [1.165, 1.54) is 6.08 Å². The second kappa shape index (κ2) is 11.6. The van der Waals surface area contributed by atoms with Crippen LogP contribution in [-0.4, -0.2) is 42.4 Å². The highest BCUT2D eigenvalue weighted by atomic mass is 35.5. The summed E-state index contributed by atoms with van der Waals surface area (Å²) in [5.74, 6) is -0.183. The van der Waals surface area contributed by atoms with Gasteiger partial charge in [0, 0.05) is 23.0 Å². The fourth-order valence-corrected chi connectivity index (χ4v) is 3.39. The van der Waals surface area contributed by atoms with Gasteiger partial charge in [-0.1, -0.05) is 35.7 Å². The molecule has 0 aromatic heterocycles. The van der Waals surface area contributed by atoms with Crippen LogP contribution < -0.4 is 0 Å². The van der Waals surface area contributed by atoms with E-state index in [-0.39, 0.29) is 30.2 Å². The number of hydrogen-bond acceptors (Lipinski definition) is 4. The maximum atomic E-state index is 12.1. The molecule has 1 aromatic carbocycles. The van der Waals surface area contributed by atoms with Crippen LogP contribution in [0.4, 0.5) is 0 Å². The molecule has 0 saturated carbocycles. The lowest BCUT2D eigenvalue weighted by Gasteiger charge is -2.33. The van der Waals surface area contributed by atoms with Crippen molar-refractivity contribution in [3.8, 4) is 0 Å². The normalized spacial score (nSPS) is 17.7. The number of hydrogen-bond donors (Lipinski definition) is 0. The summed E-state index contributed by atoms with van der Waals surface area (Å²) in [5.41, 5.74) is 0.752. The lowest BCUT2D eigenvalue weighted by molar-refractivity contribution is -0.151. The third-order valence-corrected chi connectivity index (χ3v) is 4.79. The van der Waals surface area contributed by atoms with Crippen molar-refractivity contribution in [1.29, 1.82) is 0 Å². The van der Waals surface area contributed by atoms with Crippen LogP contribution in [0.1, 0.15) is 38.2 Å². The fraction of sp³-hybridized carbons (Fsp3) is 0.474. The van der Waals surface area contributed by atoms with Gasteiger partial charge >= 0.3 is 5.97 Å². The number of allylic oxidation sites excluding steroid dienone is 1. The molecule has 0 aliphatic carbocycles. The molecule has 26 heavy (non-hydrogen) atoms. The lowest BCUT2D eigenvalue weighted by atomic mass is 10.0. The van der Waals surface area contributed by atoms with Crippen LogP contribution in [0.25, 0.3) is 6.08 Å². The first-order valence-electron chi connectivity index (χ1n) is 8.58. The predicted octanol–water partition coefficient (Wildman–Crippen LogP) is 4.81. The monoisotopic (exact) mass is 419 g/mol. The van der Waals surface area contributed by atoms with Crippen molar-refractivity contribution in [1.82, 2.24) is 4.90 Å². The SMILES string of the molecule is CCOC(=O)C1CCCCN1CCC(=O)C=Cc1ccc(Cl)cc1Cl.Cl. The number of benzene rings is 1. The quantitative estimate of drug-likeness (QED) is 0.469. The van der Waals surface area contributed by atoms with Crippen LogP contribution in [0.15, 0.2) is 24.3 Å². The van der Waals surface area contributed by atoms with Gasteiger partial charge < -0.3 is 4.74 Å². The van der Waals surface area contributed by atoms with Gasteiger partial charge in [-0.15, -0.1) is 12.4 Å². The van der Waals surface area contributed by atoms with Crippen LogP contribution in [0, 0.1) is 0 Å². The van der Waals surface area contributed by atoms with E-state index in [1.807, 2.05) is 0 Å². The highest BCUT2D eigenvalue weighted by Crippen LogP contribution is 2.22. The predicted molar refractivity (Wildman–Crippen MR) is 108 cm³/mol. The van der Waals surface area contributed by atoms with Crippen molar-refractivity contribution >= 4 is 53.4 Å². The fourth-order valence-electron chi connectivity index (χ4n) is 2.92. The summed E-state index contributed by atoms with van der Waals surface area (Å²) >= 11 is 11.9. The molecule has 0 spiro atoms. The molecule has 1 unspecified atom stereocenters. The first kappa shape index (κ1) is 23.0. The van der Waals surface area contributed by atoms with E-state index in [0.717, 1.165) is 31.4 Å². The van der Waals surface area contributed by atoms with Gasteiger partial charge in [0.05, 0.1) is 6.61 Å². The van der Waals surface area contributed by atoms with E-state index in [0.29, 0.717) is 29.6 Å². The van der Waals surface area contributed by atoms with E-state index in [2.05, 4.69) is 4.90 Å². The van der Waals surface area contributed by atoms with Crippen molar-refractivity contribution in [2.45, 2.75) is 38.6 Å². The molecular formula is C19H24Cl3NO3. The molecule has 144 valence electrons. The molecule has 7 heteroatoms. The average molecular weight is 421 g/mol. The van der Waals surface area contributed by atoms with E-state index >= 15 is 0 Å². The number of ether oxygens (including phenoxy) is 1. The molecule has 4 nitrogen and oxygen atoms in total. The maximum absolute atomic E-state index is 12.1. The minimum atomic E-state index is -0.226. The topological polar surface area (TPSA) is 46.6 Å². The standard InChI is InChI=1S/C19H23Cl2NO3.ClH/c1-2-25-19(24)18-5-3-4-11-22(18)12-10-16(23)9-7-14-6-8-15(20)13-17(14)21;/h6-9,13,18H,2-5,10-12H2,1H3;1H. The maximum Gasteiger partial charge on any atom is 0.323 e. The van der Waals surface area contributed by atoms with Crippen LogP contribution in [-0.2, 0) is 14.3 Å². The number of ketones is 1. The van der Waals surface area contributed by atoms with Gasteiger partial charge in [-0.2, -0.15) is 0 Å². The molecule has 0 amide bonds. The Hall–Kier alpha value is -1.07. The Morgan fingerprint density at radius 1 is 1.31 bits per heavy atom. The van der Waals surface area contributed by atoms with E-state index in [1.54, 1.807) is 31.2 Å². The van der Waals surface area contributed by atoms with Gasteiger partial charge in [-0.05, 0) is 56.2 Å². The van der Waals surface area contributed by atoms with Gasteiger partial charge in [-0.25, -0.2) is 0 Å². The Bertz CT molecular complexity index is 649. The van der Waals surface area contributed by atoms with Crippen molar-refractivity contribution in [3.63, 3.8) is 0 Å². The van der Waals surface area contributed by atoms with Crippen LogP contribution in [0.3, 0.4) is 0 Å². The van der Waals surface area contributed by atoms with Crippen LogP contribution >= 0.6 is 35.6 Å². The summed E-state index contributed by atoms with van der Waals surface area (Å²) in [6.07, 6.45) is 6.43. The molecule has 1 heterocycles. The summed E-state index contributed by atoms with van der Waals surface area (Å²) in [4.78, 5) is 26.2. The van der Waals surface area contributed by atoms with Gasteiger partial charge in [0.1, 0.15) is 6.04 Å². The Morgan fingerprint density at radius 3 is 2.77 bits per heavy atom. The molecule has 1 atom stereocenters. The van der Waals surface area contributed by atoms with Crippen molar-refractivity contribution in [2.24, 2.45) is 0 Å². The minimum Gasteiger partial charge on any atom is -0.465 e. The molecule has 0 radical (unpaired) electrons. The van der Waals surface area contributed by atoms with E-state index in [4.69, 9.17) is 27.9 Å². The van der Waals surface area contributed by atoms with Crippen LogP contribution in [0.2, 0.25) is 10.0 Å². The molecule has 1 aromatic rings. The number of halogens is 3. The number of nitrogens with zero attached hydrogens (tertiary/aromatic N) is 1. The van der Waals surface area contributed by atoms with Crippen molar-refractivity contribution < 1.29 is 14.3 Å². The van der Waals surface area contributed by atoms with Gasteiger partial charge in [-0.3, -0.25) is 14.5 Å². The molecule has 1 aliphatic rings. The summed E-state index contributed by atoms with van der Waals surface area (Å²) < 4.78 is 5.14. The largest absolute Gasteiger partial charge is 0.465 e. The number of esters is 1. The smallest absolute Gasteiger partial charge is 0.323 e. The Balaban J connectivity index is 0.00000338. The van der Waals surface area contributed by atoms with E-state index < -0.39 is 0 Å². The second-order valence-electron chi connectivity index (χ2n) is 6.02. The zero-order valence-electron chi connectivity index (χ0n) is 14.7. The lowest BCUT2D eigenvalue weighted by Crippen LogP contribution is -2.46. The molecule has 0 bridgehead atoms. The molecule has 2 rings (SSSR count). The van der Waals surface area contributed by atoms with Crippen LogP contribution in [0.5, 0.6) is 0 Å². The van der Waals surface area contributed by atoms with Crippen molar-refractivity contribution in [2.75, 3.05) is 19.7 Å². The first-order valence-corrected chi connectivity index (χ1v) is 9.33. The molecule has 1 aliphatic heterocycles. The third kappa shape index (κ3) is 6.92. The molecular weight excluding hydrogens is 397 g/mol. The summed E-state index contributed by atoms with van der Waals surface area (Å²) in [5, 5.41) is 1.07. The first-order chi connectivity index (χ1) is 12.0. The van der Waals surface area contributed by atoms with Gasteiger partial charge in [0.15, 0.2) is 5.78 Å². The summed E-state index contributed by atoms with van der Waals surface area (Å²) in [7, 11) is 0. The number of rotatable bonds is 7. The number of carbonyl (C=O) groups is 2. The number of piperidine rings is 1.